The van der Waals surface area contributed by atoms with Gasteiger partial charge in [-0.15, -0.1) is 0 Å². The Balaban J connectivity index is 2.04. The Hall–Kier alpha value is -0.870. The Bertz CT molecular complexity index is 258. The van der Waals surface area contributed by atoms with Crippen molar-refractivity contribution in [1.82, 2.24) is 15.3 Å². The molecule has 0 fully saturated rings. The van der Waals surface area contributed by atoms with Crippen LogP contribution >= 0.6 is 0 Å². The average molecular weight is 197 g/mol. The summed E-state index contributed by atoms with van der Waals surface area (Å²) in [6.07, 6.45) is 2.16. The van der Waals surface area contributed by atoms with Crippen molar-refractivity contribution in [2.24, 2.45) is 0 Å². The smallest absolute Gasteiger partial charge is 0.103 e. The molecule has 1 heterocycles. The van der Waals surface area contributed by atoms with E-state index in [2.05, 4.69) is 15.3 Å². The Labute approximate surface area is 85.1 Å². The molecular weight excluding hydrogens is 178 g/mol. The molecule has 2 N–H and O–H groups in total. The molecule has 80 valence electrons. The Morgan fingerprint density at radius 1 is 1.57 bits per heavy atom. The van der Waals surface area contributed by atoms with Crippen molar-refractivity contribution >= 4 is 0 Å². The summed E-state index contributed by atoms with van der Waals surface area (Å²) in [5.41, 5.74) is 1.12. The third-order valence-electron chi connectivity index (χ3n) is 1.80. The van der Waals surface area contributed by atoms with Gasteiger partial charge in [-0.2, -0.15) is 0 Å². The average Bonchev–Trinajstić information content (AvgIpc) is 2.50. The third kappa shape index (κ3) is 4.39. The quantitative estimate of drug-likeness (QED) is 0.674. The lowest BCUT2D eigenvalue weighted by Gasteiger charge is -2.07. The van der Waals surface area contributed by atoms with E-state index in [1.807, 2.05) is 27.0 Å². The summed E-state index contributed by atoms with van der Waals surface area (Å²) in [7, 11) is 0. The van der Waals surface area contributed by atoms with Crippen molar-refractivity contribution < 1.29 is 4.74 Å². The fourth-order valence-corrected chi connectivity index (χ4v) is 1.15. The van der Waals surface area contributed by atoms with Crippen LogP contribution in [0.1, 0.15) is 25.4 Å². The molecule has 0 saturated heterocycles. The maximum absolute atomic E-state index is 5.40. The van der Waals surface area contributed by atoms with Gasteiger partial charge in [0, 0.05) is 25.0 Å². The lowest BCUT2D eigenvalue weighted by Crippen LogP contribution is -2.21. The molecule has 1 aromatic heterocycles. The van der Waals surface area contributed by atoms with Gasteiger partial charge in [-0.3, -0.25) is 0 Å². The molecule has 0 spiro atoms. The highest BCUT2D eigenvalue weighted by Gasteiger charge is 1.96. The summed E-state index contributed by atoms with van der Waals surface area (Å²) in [6, 6.07) is 0. The van der Waals surface area contributed by atoms with E-state index in [0.717, 1.165) is 31.2 Å². The van der Waals surface area contributed by atoms with Crippen molar-refractivity contribution in [2.75, 3.05) is 13.2 Å². The molecule has 1 rings (SSSR count). The number of hydrogen-bond acceptors (Lipinski definition) is 3. The Morgan fingerprint density at radius 3 is 2.93 bits per heavy atom. The van der Waals surface area contributed by atoms with E-state index in [4.69, 9.17) is 4.74 Å². The van der Waals surface area contributed by atoms with Gasteiger partial charge in [-0.1, -0.05) is 0 Å². The fraction of sp³-hybridized carbons (Fsp3) is 0.700. The summed E-state index contributed by atoms with van der Waals surface area (Å²) in [4.78, 5) is 7.28. The van der Waals surface area contributed by atoms with Crippen molar-refractivity contribution in [3.05, 3.63) is 17.7 Å². The van der Waals surface area contributed by atoms with E-state index in [1.165, 1.54) is 0 Å². The maximum Gasteiger partial charge on any atom is 0.103 e. The van der Waals surface area contributed by atoms with Crippen LogP contribution in [-0.2, 0) is 11.3 Å². The number of ether oxygens (including phenoxy) is 1. The highest BCUT2D eigenvalue weighted by atomic mass is 16.5. The van der Waals surface area contributed by atoms with Gasteiger partial charge in [0.25, 0.3) is 0 Å². The zero-order valence-electron chi connectivity index (χ0n) is 9.13. The molecule has 0 aliphatic rings. The SMILES string of the molecule is Cc1ncc(CNCCOC(C)C)[nH]1. The second kappa shape index (κ2) is 5.78. The first-order chi connectivity index (χ1) is 6.68. The van der Waals surface area contributed by atoms with Gasteiger partial charge in [0.15, 0.2) is 0 Å². The molecule has 0 aliphatic heterocycles. The molecule has 4 heteroatoms. The number of aromatic nitrogens is 2. The molecule has 0 aromatic carbocycles. The minimum Gasteiger partial charge on any atom is -0.377 e. The molecule has 0 unspecified atom stereocenters. The van der Waals surface area contributed by atoms with Crippen LogP contribution in [0.4, 0.5) is 0 Å². The van der Waals surface area contributed by atoms with Crippen molar-refractivity contribution in [3.8, 4) is 0 Å². The largest absolute Gasteiger partial charge is 0.377 e. The summed E-state index contributed by atoms with van der Waals surface area (Å²) < 4.78 is 5.40. The number of hydrogen-bond donors (Lipinski definition) is 2. The maximum atomic E-state index is 5.40. The lowest BCUT2D eigenvalue weighted by atomic mass is 10.4. The highest BCUT2D eigenvalue weighted by molar-refractivity contribution is 4.98. The van der Waals surface area contributed by atoms with Crippen LogP contribution in [0.25, 0.3) is 0 Å². The van der Waals surface area contributed by atoms with Crippen LogP contribution in [0.5, 0.6) is 0 Å². The van der Waals surface area contributed by atoms with E-state index in [-0.39, 0.29) is 0 Å². The number of nitrogens with zero attached hydrogens (tertiary/aromatic N) is 1. The predicted molar refractivity (Wildman–Crippen MR) is 56.1 cm³/mol. The van der Waals surface area contributed by atoms with Gasteiger partial charge < -0.3 is 15.0 Å². The molecule has 0 bridgehead atoms. The molecular formula is C10H19N3O. The second-order valence-corrected chi connectivity index (χ2v) is 3.59. The van der Waals surface area contributed by atoms with Crippen LogP contribution in [0.2, 0.25) is 0 Å². The number of nitrogens with one attached hydrogen (secondary N) is 2. The van der Waals surface area contributed by atoms with Crippen LogP contribution in [-0.4, -0.2) is 29.2 Å². The summed E-state index contributed by atoms with van der Waals surface area (Å²) in [5.74, 6) is 0.959. The van der Waals surface area contributed by atoms with E-state index in [0.29, 0.717) is 6.10 Å². The van der Waals surface area contributed by atoms with Crippen molar-refractivity contribution in [1.29, 1.82) is 0 Å². The summed E-state index contributed by atoms with van der Waals surface area (Å²) >= 11 is 0. The Kier molecular flexibility index (Phi) is 4.62. The molecule has 0 amide bonds. The predicted octanol–water partition coefficient (Wildman–Crippen LogP) is 1.23. The normalized spacial score (nSPS) is 11.1. The number of imidazole rings is 1. The van der Waals surface area contributed by atoms with Crippen LogP contribution in [0, 0.1) is 6.92 Å². The van der Waals surface area contributed by atoms with Gasteiger partial charge >= 0.3 is 0 Å². The molecule has 14 heavy (non-hydrogen) atoms. The van der Waals surface area contributed by atoms with Crippen LogP contribution in [0.3, 0.4) is 0 Å². The summed E-state index contributed by atoms with van der Waals surface area (Å²) in [5, 5.41) is 3.27. The van der Waals surface area contributed by atoms with E-state index >= 15 is 0 Å². The number of rotatable bonds is 6. The molecule has 0 aliphatic carbocycles. The van der Waals surface area contributed by atoms with E-state index in [1.54, 1.807) is 0 Å². The highest BCUT2D eigenvalue weighted by Crippen LogP contribution is 1.94. The first kappa shape index (κ1) is 11.2. The van der Waals surface area contributed by atoms with Crippen LogP contribution < -0.4 is 5.32 Å². The van der Waals surface area contributed by atoms with E-state index < -0.39 is 0 Å². The van der Waals surface area contributed by atoms with Gasteiger partial charge in [-0.05, 0) is 20.8 Å². The molecule has 0 atom stereocenters. The number of H-pyrrole nitrogens is 1. The van der Waals surface area contributed by atoms with Crippen LogP contribution in [0.15, 0.2) is 6.20 Å². The van der Waals surface area contributed by atoms with Crippen molar-refractivity contribution in [3.63, 3.8) is 0 Å². The number of aromatic amines is 1. The molecule has 4 nitrogen and oxygen atoms in total. The molecule has 0 saturated carbocycles. The topological polar surface area (TPSA) is 49.9 Å². The lowest BCUT2D eigenvalue weighted by molar-refractivity contribution is 0.0807. The first-order valence-corrected chi connectivity index (χ1v) is 5.01. The number of aryl methyl sites for hydroxylation is 1. The Morgan fingerprint density at radius 2 is 2.36 bits per heavy atom. The monoisotopic (exact) mass is 197 g/mol. The first-order valence-electron chi connectivity index (χ1n) is 5.01. The van der Waals surface area contributed by atoms with Gasteiger partial charge in [0.05, 0.1) is 12.7 Å². The van der Waals surface area contributed by atoms with Gasteiger partial charge in [0.2, 0.25) is 0 Å². The fourth-order valence-electron chi connectivity index (χ4n) is 1.15. The van der Waals surface area contributed by atoms with Gasteiger partial charge in [0.1, 0.15) is 5.82 Å². The molecule has 1 aromatic rings. The second-order valence-electron chi connectivity index (χ2n) is 3.59. The standard InChI is InChI=1S/C10H19N3O/c1-8(2)14-5-4-11-6-10-7-12-9(3)13-10/h7-8,11H,4-6H2,1-3H3,(H,12,13). The minimum atomic E-state index is 0.311. The van der Waals surface area contributed by atoms with E-state index in [9.17, 15) is 0 Å². The summed E-state index contributed by atoms with van der Waals surface area (Å²) in [6.45, 7) is 8.48. The zero-order chi connectivity index (χ0) is 10.4. The van der Waals surface area contributed by atoms with Crippen molar-refractivity contribution in [2.45, 2.75) is 33.4 Å². The molecule has 0 radical (unpaired) electrons. The van der Waals surface area contributed by atoms with Gasteiger partial charge in [-0.25, -0.2) is 4.98 Å². The zero-order valence-corrected chi connectivity index (χ0v) is 9.13. The third-order valence-corrected chi connectivity index (χ3v) is 1.80. The minimum absolute atomic E-state index is 0.311.